The van der Waals surface area contributed by atoms with Gasteiger partial charge in [-0.1, -0.05) is 6.92 Å². The summed E-state index contributed by atoms with van der Waals surface area (Å²) < 4.78 is 4.68. The Morgan fingerprint density at radius 3 is 2.22 bits per heavy atom. The summed E-state index contributed by atoms with van der Waals surface area (Å²) >= 11 is 0. The second kappa shape index (κ2) is 10.4. The molecule has 0 bridgehead atoms. The molecule has 0 spiro atoms. The highest BCUT2D eigenvalue weighted by molar-refractivity contribution is 5.32. The fourth-order valence-corrected chi connectivity index (χ4v) is 0.167. The van der Waals surface area contributed by atoms with Crippen molar-refractivity contribution in [3.63, 3.8) is 0 Å². The molecule has 0 aliphatic carbocycles. The van der Waals surface area contributed by atoms with Crippen LogP contribution in [0.5, 0.6) is 0 Å². The third-order valence-corrected chi connectivity index (χ3v) is 0.705. The molecule has 0 aliphatic rings. The van der Waals surface area contributed by atoms with Crippen LogP contribution in [0.1, 0.15) is 13.3 Å². The Hall–Kier alpha value is -0.610. The number of hydrogen-bond donors (Lipinski definition) is 2. The largest absolute Gasteiger partial charge is 0.483 e. The van der Waals surface area contributed by atoms with E-state index < -0.39 is 0 Å². The van der Waals surface area contributed by atoms with E-state index in [2.05, 4.69) is 4.74 Å². The van der Waals surface area contributed by atoms with E-state index in [9.17, 15) is 0 Å². The highest BCUT2D eigenvalue weighted by atomic mass is 16.5. The minimum absolute atomic E-state index is 0.0648. The van der Waals surface area contributed by atoms with Crippen molar-refractivity contribution in [1.82, 2.24) is 0 Å². The topological polar surface area (TPSA) is 72.5 Å². The molecule has 0 aromatic rings. The fraction of sp³-hybridized carbons (Fsp3) is 0.800. The SMILES string of the molecule is CCC(N)OC.O=CO. The Morgan fingerprint density at radius 1 is 1.89 bits per heavy atom. The molecule has 0 aromatic carbocycles. The number of hydrogen-bond acceptors (Lipinski definition) is 3. The van der Waals surface area contributed by atoms with E-state index in [1.807, 2.05) is 6.92 Å². The monoisotopic (exact) mass is 135 g/mol. The molecule has 0 saturated heterocycles. The first-order chi connectivity index (χ1) is 4.22. The van der Waals surface area contributed by atoms with Crippen molar-refractivity contribution in [2.24, 2.45) is 5.73 Å². The average molecular weight is 135 g/mol. The highest BCUT2D eigenvalue weighted by Gasteiger charge is 1.88. The van der Waals surface area contributed by atoms with Crippen LogP contribution in [0.4, 0.5) is 0 Å². The summed E-state index contributed by atoms with van der Waals surface area (Å²) in [6, 6.07) is 0. The summed E-state index contributed by atoms with van der Waals surface area (Å²) in [7, 11) is 1.61. The Kier molecular flexibility index (Phi) is 13.0. The van der Waals surface area contributed by atoms with E-state index in [-0.39, 0.29) is 12.7 Å². The van der Waals surface area contributed by atoms with Crippen LogP contribution in [-0.2, 0) is 9.53 Å². The molecule has 56 valence electrons. The molecule has 0 aromatic heterocycles. The van der Waals surface area contributed by atoms with Crippen LogP contribution in [0.2, 0.25) is 0 Å². The predicted molar refractivity (Wildman–Crippen MR) is 34.0 cm³/mol. The number of ether oxygens (including phenoxy) is 1. The lowest BCUT2D eigenvalue weighted by atomic mass is 10.4. The average Bonchev–Trinajstić information content (AvgIpc) is 1.88. The van der Waals surface area contributed by atoms with Crippen LogP contribution in [0, 0.1) is 0 Å². The normalized spacial score (nSPS) is 11.0. The Labute approximate surface area is 54.6 Å². The van der Waals surface area contributed by atoms with Crippen molar-refractivity contribution in [3.8, 4) is 0 Å². The number of methoxy groups -OCH3 is 1. The quantitative estimate of drug-likeness (QED) is 0.414. The van der Waals surface area contributed by atoms with Crippen LogP contribution >= 0.6 is 0 Å². The summed E-state index contributed by atoms with van der Waals surface area (Å²) in [6.07, 6.45) is 0.821. The van der Waals surface area contributed by atoms with E-state index in [1.165, 1.54) is 0 Å². The summed E-state index contributed by atoms with van der Waals surface area (Å²) in [5.74, 6) is 0. The number of carboxylic acid groups (broad SMARTS) is 1. The lowest BCUT2D eigenvalue weighted by molar-refractivity contribution is -0.122. The molecule has 0 radical (unpaired) electrons. The molecule has 0 heterocycles. The summed E-state index contributed by atoms with van der Waals surface area (Å²) in [5, 5.41) is 6.89. The van der Waals surface area contributed by atoms with Gasteiger partial charge in [0.1, 0.15) is 6.23 Å². The maximum Gasteiger partial charge on any atom is 0.290 e. The molecule has 4 heteroatoms. The first-order valence-electron chi connectivity index (χ1n) is 2.59. The van der Waals surface area contributed by atoms with Gasteiger partial charge in [-0.15, -0.1) is 0 Å². The minimum Gasteiger partial charge on any atom is -0.483 e. The number of rotatable bonds is 2. The van der Waals surface area contributed by atoms with Gasteiger partial charge in [0.2, 0.25) is 0 Å². The Morgan fingerprint density at radius 2 is 2.22 bits per heavy atom. The van der Waals surface area contributed by atoms with Crippen LogP contribution in [0.15, 0.2) is 0 Å². The van der Waals surface area contributed by atoms with Gasteiger partial charge in [-0.2, -0.15) is 0 Å². The second-order valence-corrected chi connectivity index (χ2v) is 1.29. The van der Waals surface area contributed by atoms with Gasteiger partial charge in [0.25, 0.3) is 6.47 Å². The lowest BCUT2D eigenvalue weighted by Crippen LogP contribution is -2.19. The molecule has 4 nitrogen and oxygen atoms in total. The zero-order chi connectivity index (χ0) is 7.70. The summed E-state index contributed by atoms with van der Waals surface area (Å²) in [6.45, 7) is 1.73. The predicted octanol–water partition coefficient (Wildman–Crippen LogP) is 0.0284. The highest BCUT2D eigenvalue weighted by Crippen LogP contribution is 1.81. The molecule has 0 saturated carbocycles. The van der Waals surface area contributed by atoms with E-state index in [1.54, 1.807) is 7.11 Å². The lowest BCUT2D eigenvalue weighted by Gasteiger charge is -2.01. The molecule has 1 unspecified atom stereocenters. The molecule has 0 aliphatic heterocycles. The fourth-order valence-electron chi connectivity index (χ4n) is 0.167. The van der Waals surface area contributed by atoms with Crippen molar-refractivity contribution in [2.45, 2.75) is 19.6 Å². The number of carbonyl (C=O) groups is 1. The summed E-state index contributed by atoms with van der Waals surface area (Å²) in [4.78, 5) is 8.36. The first-order valence-corrected chi connectivity index (χ1v) is 2.59. The van der Waals surface area contributed by atoms with E-state index >= 15 is 0 Å². The van der Waals surface area contributed by atoms with Crippen molar-refractivity contribution < 1.29 is 14.6 Å². The van der Waals surface area contributed by atoms with Crippen LogP contribution in [0.3, 0.4) is 0 Å². The van der Waals surface area contributed by atoms with Crippen molar-refractivity contribution in [3.05, 3.63) is 0 Å². The van der Waals surface area contributed by atoms with Gasteiger partial charge < -0.3 is 15.6 Å². The van der Waals surface area contributed by atoms with Crippen molar-refractivity contribution >= 4 is 6.47 Å². The molecule has 3 N–H and O–H groups in total. The van der Waals surface area contributed by atoms with Gasteiger partial charge in [0.05, 0.1) is 0 Å². The maximum atomic E-state index is 8.36. The zero-order valence-electron chi connectivity index (χ0n) is 5.70. The number of nitrogens with two attached hydrogens (primary N) is 1. The third kappa shape index (κ3) is 18.7. The van der Waals surface area contributed by atoms with Gasteiger partial charge in [0, 0.05) is 7.11 Å². The van der Waals surface area contributed by atoms with E-state index in [0.29, 0.717) is 0 Å². The smallest absolute Gasteiger partial charge is 0.290 e. The standard InChI is InChI=1S/C4H11NO.CH2O2/c1-3-4(5)6-2;2-1-3/h4H,3,5H2,1-2H3;1H,(H,2,3). The molecule has 1 atom stereocenters. The molecular weight excluding hydrogens is 122 g/mol. The molecule has 0 amide bonds. The van der Waals surface area contributed by atoms with Gasteiger partial charge in [0.15, 0.2) is 0 Å². The van der Waals surface area contributed by atoms with Gasteiger partial charge in [-0.3, -0.25) is 4.79 Å². The van der Waals surface area contributed by atoms with Crippen molar-refractivity contribution in [1.29, 1.82) is 0 Å². The van der Waals surface area contributed by atoms with Gasteiger partial charge in [-0.05, 0) is 6.42 Å². The van der Waals surface area contributed by atoms with E-state index in [0.717, 1.165) is 6.42 Å². The second-order valence-electron chi connectivity index (χ2n) is 1.29. The minimum atomic E-state index is -0.250. The van der Waals surface area contributed by atoms with Crippen LogP contribution in [-0.4, -0.2) is 24.9 Å². The summed E-state index contributed by atoms with van der Waals surface area (Å²) in [5.41, 5.74) is 5.25. The molecular formula is C5H13NO3. The van der Waals surface area contributed by atoms with E-state index in [4.69, 9.17) is 15.6 Å². The van der Waals surface area contributed by atoms with Crippen LogP contribution < -0.4 is 5.73 Å². The van der Waals surface area contributed by atoms with Crippen LogP contribution in [0.25, 0.3) is 0 Å². The molecule has 0 fully saturated rings. The van der Waals surface area contributed by atoms with Gasteiger partial charge >= 0.3 is 0 Å². The Balaban J connectivity index is 0. The molecule has 9 heavy (non-hydrogen) atoms. The zero-order valence-corrected chi connectivity index (χ0v) is 5.70. The molecule has 0 rings (SSSR count). The third-order valence-electron chi connectivity index (χ3n) is 0.705. The first kappa shape index (κ1) is 11.2. The van der Waals surface area contributed by atoms with Gasteiger partial charge in [-0.25, -0.2) is 0 Å². The van der Waals surface area contributed by atoms with Crippen molar-refractivity contribution in [2.75, 3.05) is 7.11 Å². The Bertz CT molecular complexity index is 54.2. The maximum absolute atomic E-state index is 8.36.